The number of ether oxygens (including phenoxy) is 9. The molecule has 28 nitrogen and oxygen atoms in total. The van der Waals surface area contributed by atoms with Crippen molar-refractivity contribution in [3.63, 3.8) is 0 Å². The Kier molecular flexibility index (Phi) is 17.6. The van der Waals surface area contributed by atoms with Crippen LogP contribution in [0.15, 0.2) is 0 Å². The van der Waals surface area contributed by atoms with Gasteiger partial charge in [0, 0.05) is 13.3 Å². The highest BCUT2D eigenvalue weighted by atomic mass is 16.8. The molecule has 0 aromatic carbocycles. The second-order valence-electron chi connectivity index (χ2n) is 16.1. The summed E-state index contributed by atoms with van der Waals surface area (Å²) in [5, 5.41) is 171. The number of amides is 1. The number of hydrogen-bond donors (Lipinski definition) is 17. The summed E-state index contributed by atoms with van der Waals surface area (Å²) in [5.41, 5.74) is 0. The fourth-order valence-electron chi connectivity index (χ4n) is 7.85. The Balaban J connectivity index is 1.50. The maximum absolute atomic E-state index is 13.3. The van der Waals surface area contributed by atoms with Gasteiger partial charge in [-0.2, -0.15) is 0 Å². The van der Waals surface area contributed by atoms with E-state index in [9.17, 15) is 91.3 Å². The first-order valence-corrected chi connectivity index (χ1v) is 19.9. The fraction of sp³-hybridized carbons (Fsp3) is 0.943. The van der Waals surface area contributed by atoms with E-state index in [-0.39, 0.29) is 0 Å². The summed E-state index contributed by atoms with van der Waals surface area (Å²) in [6.45, 7) is 0.355. The van der Waals surface area contributed by atoms with Gasteiger partial charge in [0.2, 0.25) is 5.91 Å². The van der Waals surface area contributed by atoms with E-state index in [0.29, 0.717) is 0 Å². The SMILES string of the molecule is CC(=O)N[C@@H]1[C@@H](O[C@H]2O[C@H](CO)[C@H](O)[C@H](O)[C@H]2O)[C@@H](O)[C@@H](CO[C@]2(C(=O)O)C[C@H](O[C@@H]3O[C@@H](C)[C@@H](O)[C@@H](O)[C@@H]3O)[C@@H](O[C@@H]3O[C@@H](C)[C@@H](O)[C@@H](O)[C@@H]3O)[C@H]([C@H](O)[C@H](O)CO)O2)O[C@H]1O. The van der Waals surface area contributed by atoms with Crippen molar-refractivity contribution in [1.82, 2.24) is 5.32 Å². The van der Waals surface area contributed by atoms with Gasteiger partial charge in [0.1, 0.15) is 110 Å². The van der Waals surface area contributed by atoms with E-state index in [4.69, 9.17) is 42.6 Å². The quantitative estimate of drug-likeness (QED) is 0.0725. The average Bonchev–Trinajstić information content (AvgIpc) is 3.24. The van der Waals surface area contributed by atoms with Crippen LogP contribution in [-0.2, 0) is 52.2 Å². The molecule has 28 heteroatoms. The molecular formula is C35H59NO27. The van der Waals surface area contributed by atoms with E-state index >= 15 is 0 Å². The van der Waals surface area contributed by atoms with Crippen molar-refractivity contribution in [1.29, 1.82) is 0 Å². The van der Waals surface area contributed by atoms with Gasteiger partial charge in [-0.25, -0.2) is 4.79 Å². The summed E-state index contributed by atoms with van der Waals surface area (Å²) in [5.74, 6) is -5.98. The fourth-order valence-corrected chi connectivity index (χ4v) is 7.85. The lowest BCUT2D eigenvalue weighted by atomic mass is 9.89. The largest absolute Gasteiger partial charge is 0.477 e. The van der Waals surface area contributed by atoms with Crippen LogP contribution in [-0.4, -0.2) is 272 Å². The molecule has 1 amide bonds. The summed E-state index contributed by atoms with van der Waals surface area (Å²) in [6, 6.07) is -1.69. The van der Waals surface area contributed by atoms with E-state index in [1.165, 1.54) is 13.8 Å². The second-order valence-corrected chi connectivity index (χ2v) is 16.1. The zero-order valence-electron chi connectivity index (χ0n) is 33.9. The van der Waals surface area contributed by atoms with E-state index in [1.54, 1.807) is 0 Å². The van der Waals surface area contributed by atoms with Crippen molar-refractivity contribution in [2.45, 2.75) is 186 Å². The predicted octanol–water partition coefficient (Wildman–Crippen LogP) is -10.5. The van der Waals surface area contributed by atoms with E-state index in [2.05, 4.69) is 5.32 Å². The third-order valence-corrected chi connectivity index (χ3v) is 11.6. The molecule has 366 valence electrons. The van der Waals surface area contributed by atoms with Gasteiger partial charge in [-0.15, -0.1) is 0 Å². The van der Waals surface area contributed by atoms with Crippen molar-refractivity contribution >= 4 is 11.9 Å². The topological polar surface area (TPSA) is 453 Å². The minimum Gasteiger partial charge on any atom is -0.477 e. The maximum atomic E-state index is 13.3. The first kappa shape index (κ1) is 52.0. The molecule has 0 saturated carbocycles. The monoisotopic (exact) mass is 925 g/mol. The molecule has 63 heavy (non-hydrogen) atoms. The van der Waals surface area contributed by atoms with Crippen molar-refractivity contribution in [3.05, 3.63) is 0 Å². The number of nitrogens with one attached hydrogen (secondary N) is 1. The molecule has 5 aliphatic heterocycles. The average molecular weight is 926 g/mol. The number of aliphatic hydroxyl groups excluding tert-OH is 15. The number of carboxylic acid groups (broad SMARTS) is 1. The first-order valence-electron chi connectivity index (χ1n) is 19.9. The predicted molar refractivity (Wildman–Crippen MR) is 192 cm³/mol. The Hall–Kier alpha value is -2.02. The number of rotatable bonds is 15. The van der Waals surface area contributed by atoms with E-state index in [0.717, 1.165) is 6.92 Å². The molecule has 5 heterocycles. The first-order chi connectivity index (χ1) is 29.5. The highest BCUT2D eigenvalue weighted by Gasteiger charge is 2.61. The number of aliphatic carboxylic acids is 1. The molecule has 0 bridgehead atoms. The second kappa shape index (κ2) is 21.3. The van der Waals surface area contributed by atoms with Crippen LogP contribution in [0.3, 0.4) is 0 Å². The molecule has 5 saturated heterocycles. The van der Waals surface area contributed by atoms with Crippen LogP contribution in [0.4, 0.5) is 0 Å². The van der Waals surface area contributed by atoms with Gasteiger partial charge >= 0.3 is 5.97 Å². The van der Waals surface area contributed by atoms with Crippen molar-refractivity contribution in [3.8, 4) is 0 Å². The molecular weight excluding hydrogens is 866 g/mol. The van der Waals surface area contributed by atoms with E-state index in [1.807, 2.05) is 0 Å². The van der Waals surface area contributed by atoms with Crippen LogP contribution in [0, 0.1) is 0 Å². The van der Waals surface area contributed by atoms with Gasteiger partial charge in [-0.1, -0.05) is 0 Å². The molecule has 0 unspecified atom stereocenters. The smallest absolute Gasteiger partial charge is 0.364 e. The third kappa shape index (κ3) is 10.9. The lowest BCUT2D eigenvalue weighted by Gasteiger charge is -2.51. The number of hydrogen-bond acceptors (Lipinski definition) is 26. The van der Waals surface area contributed by atoms with E-state index < -0.39 is 197 Å². The summed E-state index contributed by atoms with van der Waals surface area (Å²) in [7, 11) is 0. The molecule has 5 aliphatic rings. The van der Waals surface area contributed by atoms with Crippen LogP contribution in [0.2, 0.25) is 0 Å². The third-order valence-electron chi connectivity index (χ3n) is 11.6. The minimum atomic E-state index is -3.14. The summed E-state index contributed by atoms with van der Waals surface area (Å²) < 4.78 is 51.0. The van der Waals surface area contributed by atoms with Crippen molar-refractivity contribution < 1.29 is 134 Å². The molecule has 0 aliphatic carbocycles. The molecule has 5 rings (SSSR count). The Morgan fingerprint density at radius 1 is 0.667 bits per heavy atom. The van der Waals surface area contributed by atoms with Crippen molar-refractivity contribution in [2.24, 2.45) is 0 Å². The highest BCUT2D eigenvalue weighted by Crippen LogP contribution is 2.40. The van der Waals surface area contributed by atoms with Gasteiger partial charge in [0.05, 0.1) is 38.1 Å². The Morgan fingerprint density at radius 2 is 1.17 bits per heavy atom. The highest BCUT2D eigenvalue weighted by molar-refractivity contribution is 5.76. The molecule has 26 atom stereocenters. The lowest BCUT2D eigenvalue weighted by Crippen LogP contribution is -2.69. The number of aliphatic hydroxyl groups is 15. The van der Waals surface area contributed by atoms with Crippen LogP contribution in [0.1, 0.15) is 27.2 Å². The van der Waals surface area contributed by atoms with Crippen LogP contribution < -0.4 is 5.32 Å². The van der Waals surface area contributed by atoms with Crippen molar-refractivity contribution in [2.75, 3.05) is 19.8 Å². The summed E-state index contributed by atoms with van der Waals surface area (Å²) in [4.78, 5) is 25.5. The van der Waals surface area contributed by atoms with Gasteiger partial charge < -0.3 is 130 Å². The van der Waals surface area contributed by atoms with Crippen LogP contribution >= 0.6 is 0 Å². The Bertz CT molecular complexity index is 1500. The number of carbonyl (C=O) groups is 2. The molecule has 0 aromatic rings. The van der Waals surface area contributed by atoms with Gasteiger partial charge in [0.15, 0.2) is 25.2 Å². The molecule has 5 fully saturated rings. The summed E-state index contributed by atoms with van der Waals surface area (Å²) >= 11 is 0. The molecule has 0 radical (unpaired) electrons. The molecule has 0 aromatic heterocycles. The number of carboxylic acids is 1. The van der Waals surface area contributed by atoms with Crippen LogP contribution in [0.25, 0.3) is 0 Å². The van der Waals surface area contributed by atoms with Crippen LogP contribution in [0.5, 0.6) is 0 Å². The molecule has 0 spiro atoms. The summed E-state index contributed by atoms with van der Waals surface area (Å²) in [6.07, 6.45) is -46.8. The zero-order chi connectivity index (χ0) is 47.0. The lowest BCUT2D eigenvalue weighted by molar-refractivity contribution is -0.391. The zero-order valence-corrected chi connectivity index (χ0v) is 33.9. The van der Waals surface area contributed by atoms with Gasteiger partial charge in [-0.3, -0.25) is 4.79 Å². The van der Waals surface area contributed by atoms with Gasteiger partial charge in [-0.05, 0) is 13.8 Å². The minimum absolute atomic E-state index is 0.806. The Labute approximate surface area is 357 Å². The molecule has 17 N–H and O–H groups in total. The maximum Gasteiger partial charge on any atom is 0.364 e. The standard InChI is InChI=1S/C35H59NO27/c1-8-16(41)21(46)24(49)31(56-8)59-12-4-35(34(53)54,63-29(18(43)11(40)5-37)27(12)61-32-25(50)22(47)17(42)9(2)57-32)55-7-14-20(45)28(15(30(52)58-14)36-10(3)39)62-33-26(51)23(48)19(44)13(6-38)60-33/h8-9,11-33,37-38,40-52H,4-7H2,1-3H3,(H,36,39)(H,53,54)/t8-,9-,11+,12-,13+,14+,15+,16+,17+,18+,19-,20-,21+,22+,23-,24-,25-,26+,27+,28+,29-,30+,31-,32-,33+,35+/m0/s1. The number of carbonyl (C=O) groups excluding carboxylic acids is 1. The normalized spacial score (nSPS) is 49.5. The van der Waals surface area contributed by atoms with Gasteiger partial charge in [0.25, 0.3) is 5.79 Å². The Morgan fingerprint density at radius 3 is 1.68 bits per heavy atom.